The molecule has 1 aromatic heterocycles. The van der Waals surface area contributed by atoms with Gasteiger partial charge in [0.1, 0.15) is 5.82 Å². The van der Waals surface area contributed by atoms with Crippen molar-refractivity contribution in [3.63, 3.8) is 0 Å². The van der Waals surface area contributed by atoms with E-state index in [1.54, 1.807) is 6.07 Å². The lowest BCUT2D eigenvalue weighted by molar-refractivity contribution is 0.0602. The molecule has 0 saturated carbocycles. The topological polar surface area (TPSA) is 71.7 Å². The van der Waals surface area contributed by atoms with E-state index in [0.717, 1.165) is 18.9 Å². The Labute approximate surface area is 119 Å². The van der Waals surface area contributed by atoms with Gasteiger partial charge in [0.25, 0.3) is 0 Å². The Hall–Kier alpha value is -1.82. The Bertz CT molecular complexity index is 504. The molecule has 1 aromatic rings. The molecule has 0 radical (unpaired) electrons. The number of methoxy groups -OCH3 is 1. The van der Waals surface area contributed by atoms with E-state index in [0.29, 0.717) is 23.2 Å². The standard InChI is InChI=1S/C14H22N4O2/c1-9-7-18(8-12(9)17(2)3)13-5-10(14(19)20-4)11(15)6-16-13/h5-6,9,12H,7-8,15H2,1-4H3. The van der Waals surface area contributed by atoms with Gasteiger partial charge in [-0.2, -0.15) is 0 Å². The minimum absolute atomic E-state index is 0.344. The molecule has 0 aromatic carbocycles. The van der Waals surface area contributed by atoms with Crippen LogP contribution >= 0.6 is 0 Å². The summed E-state index contributed by atoms with van der Waals surface area (Å²) in [5.41, 5.74) is 6.50. The van der Waals surface area contributed by atoms with Crippen molar-refractivity contribution in [3.8, 4) is 0 Å². The third-order valence-corrected chi connectivity index (χ3v) is 3.89. The molecule has 1 fully saturated rings. The second kappa shape index (κ2) is 5.66. The second-order valence-electron chi connectivity index (χ2n) is 5.53. The number of hydrogen-bond donors (Lipinski definition) is 1. The number of pyridine rings is 1. The Morgan fingerprint density at radius 1 is 1.50 bits per heavy atom. The quantitative estimate of drug-likeness (QED) is 0.826. The fourth-order valence-electron chi connectivity index (χ4n) is 2.72. The van der Waals surface area contributed by atoms with Crippen LogP contribution in [0.25, 0.3) is 0 Å². The molecule has 0 amide bonds. The van der Waals surface area contributed by atoms with E-state index in [-0.39, 0.29) is 0 Å². The van der Waals surface area contributed by atoms with Crippen LogP contribution in [0.1, 0.15) is 17.3 Å². The van der Waals surface area contributed by atoms with Crippen LogP contribution in [0, 0.1) is 5.92 Å². The molecule has 0 spiro atoms. The first kappa shape index (κ1) is 14.6. The lowest BCUT2D eigenvalue weighted by atomic mass is 10.1. The summed E-state index contributed by atoms with van der Waals surface area (Å²) in [6.07, 6.45) is 1.52. The SMILES string of the molecule is COC(=O)c1cc(N2CC(C)C(N(C)C)C2)ncc1N. The number of nitrogens with two attached hydrogens (primary N) is 1. The zero-order chi connectivity index (χ0) is 14.9. The maximum atomic E-state index is 11.7. The summed E-state index contributed by atoms with van der Waals surface area (Å²) in [6, 6.07) is 2.20. The average molecular weight is 278 g/mol. The van der Waals surface area contributed by atoms with E-state index >= 15 is 0 Å². The van der Waals surface area contributed by atoms with Crippen LogP contribution in [-0.2, 0) is 4.74 Å². The molecule has 2 heterocycles. The van der Waals surface area contributed by atoms with Gasteiger partial charge in [0.2, 0.25) is 0 Å². The summed E-state index contributed by atoms with van der Waals surface area (Å²) < 4.78 is 4.74. The van der Waals surface area contributed by atoms with Gasteiger partial charge in [-0.1, -0.05) is 6.92 Å². The van der Waals surface area contributed by atoms with Crippen LogP contribution < -0.4 is 10.6 Å². The number of carbonyl (C=O) groups excluding carboxylic acids is 1. The smallest absolute Gasteiger partial charge is 0.340 e. The van der Waals surface area contributed by atoms with Gasteiger partial charge in [-0.15, -0.1) is 0 Å². The molecule has 2 N–H and O–H groups in total. The molecule has 2 atom stereocenters. The van der Waals surface area contributed by atoms with Crippen LogP contribution in [0.4, 0.5) is 11.5 Å². The first-order valence-electron chi connectivity index (χ1n) is 6.69. The number of nitrogen functional groups attached to an aromatic ring is 1. The van der Waals surface area contributed by atoms with Crippen LogP contribution in [0.3, 0.4) is 0 Å². The van der Waals surface area contributed by atoms with Crippen molar-refractivity contribution in [2.45, 2.75) is 13.0 Å². The number of carbonyl (C=O) groups is 1. The van der Waals surface area contributed by atoms with Crippen molar-refractivity contribution < 1.29 is 9.53 Å². The number of nitrogens with zero attached hydrogens (tertiary/aromatic N) is 3. The van der Waals surface area contributed by atoms with Gasteiger partial charge < -0.3 is 20.3 Å². The molecule has 20 heavy (non-hydrogen) atoms. The van der Waals surface area contributed by atoms with E-state index in [4.69, 9.17) is 10.5 Å². The Kier molecular flexibility index (Phi) is 4.13. The number of likely N-dealkylation sites (N-methyl/N-ethyl adjacent to an activating group) is 1. The van der Waals surface area contributed by atoms with Gasteiger partial charge in [0.15, 0.2) is 0 Å². The molecule has 0 aliphatic carbocycles. The first-order chi connectivity index (χ1) is 9.43. The highest BCUT2D eigenvalue weighted by Gasteiger charge is 2.32. The molecular formula is C14H22N4O2. The number of hydrogen-bond acceptors (Lipinski definition) is 6. The normalized spacial score (nSPS) is 22.4. The molecule has 1 saturated heterocycles. The molecule has 1 aliphatic heterocycles. The summed E-state index contributed by atoms with van der Waals surface area (Å²) in [7, 11) is 5.52. The number of ether oxygens (including phenoxy) is 1. The molecule has 6 nitrogen and oxygen atoms in total. The molecule has 6 heteroatoms. The van der Waals surface area contributed by atoms with Gasteiger partial charge in [-0.3, -0.25) is 0 Å². The number of esters is 1. The van der Waals surface area contributed by atoms with Crippen molar-refractivity contribution in [1.29, 1.82) is 0 Å². The third kappa shape index (κ3) is 2.70. The molecule has 110 valence electrons. The van der Waals surface area contributed by atoms with Crippen LogP contribution in [0.15, 0.2) is 12.3 Å². The van der Waals surface area contributed by atoms with Crippen LogP contribution in [0.5, 0.6) is 0 Å². The molecule has 0 bridgehead atoms. The number of anilines is 2. The molecule has 2 rings (SSSR count). The van der Waals surface area contributed by atoms with Gasteiger partial charge in [-0.05, 0) is 26.1 Å². The van der Waals surface area contributed by atoms with E-state index in [1.807, 2.05) is 0 Å². The van der Waals surface area contributed by atoms with Crippen LogP contribution in [-0.4, -0.2) is 56.2 Å². The number of rotatable bonds is 3. The Balaban J connectivity index is 2.24. The zero-order valence-corrected chi connectivity index (χ0v) is 12.5. The summed E-state index contributed by atoms with van der Waals surface area (Å²) in [5, 5.41) is 0. The van der Waals surface area contributed by atoms with E-state index in [1.165, 1.54) is 13.3 Å². The van der Waals surface area contributed by atoms with Gasteiger partial charge in [-0.25, -0.2) is 9.78 Å². The highest BCUT2D eigenvalue weighted by Crippen LogP contribution is 2.26. The highest BCUT2D eigenvalue weighted by molar-refractivity contribution is 5.95. The second-order valence-corrected chi connectivity index (χ2v) is 5.53. The lowest BCUT2D eigenvalue weighted by Gasteiger charge is -2.22. The average Bonchev–Trinajstić information content (AvgIpc) is 2.80. The summed E-state index contributed by atoms with van der Waals surface area (Å²) in [4.78, 5) is 20.4. The largest absolute Gasteiger partial charge is 0.465 e. The van der Waals surface area contributed by atoms with E-state index in [9.17, 15) is 4.79 Å². The predicted molar refractivity (Wildman–Crippen MR) is 78.8 cm³/mol. The Morgan fingerprint density at radius 2 is 2.20 bits per heavy atom. The monoisotopic (exact) mass is 278 g/mol. The lowest BCUT2D eigenvalue weighted by Crippen LogP contribution is -2.34. The van der Waals surface area contributed by atoms with Gasteiger partial charge in [0, 0.05) is 19.1 Å². The van der Waals surface area contributed by atoms with Crippen molar-refractivity contribution >= 4 is 17.5 Å². The first-order valence-corrected chi connectivity index (χ1v) is 6.69. The fourth-order valence-corrected chi connectivity index (χ4v) is 2.72. The number of aromatic nitrogens is 1. The predicted octanol–water partition coefficient (Wildman–Crippen LogP) is 0.837. The van der Waals surface area contributed by atoms with E-state index in [2.05, 4.69) is 35.8 Å². The summed E-state index contributed by atoms with van der Waals surface area (Å²) >= 11 is 0. The van der Waals surface area contributed by atoms with Crippen molar-refractivity contribution in [3.05, 3.63) is 17.8 Å². The van der Waals surface area contributed by atoms with Crippen LogP contribution in [0.2, 0.25) is 0 Å². The van der Waals surface area contributed by atoms with Gasteiger partial charge >= 0.3 is 5.97 Å². The van der Waals surface area contributed by atoms with Crippen molar-refractivity contribution in [2.75, 3.05) is 44.9 Å². The summed E-state index contributed by atoms with van der Waals surface area (Å²) in [6.45, 7) is 4.04. The van der Waals surface area contributed by atoms with E-state index < -0.39 is 5.97 Å². The van der Waals surface area contributed by atoms with Crippen molar-refractivity contribution in [1.82, 2.24) is 9.88 Å². The molecular weight excluding hydrogens is 256 g/mol. The highest BCUT2D eigenvalue weighted by atomic mass is 16.5. The summed E-state index contributed by atoms with van der Waals surface area (Å²) in [5.74, 6) is 0.893. The zero-order valence-electron chi connectivity index (χ0n) is 12.5. The third-order valence-electron chi connectivity index (χ3n) is 3.89. The Morgan fingerprint density at radius 3 is 2.75 bits per heavy atom. The molecule has 2 unspecified atom stereocenters. The minimum atomic E-state index is -0.428. The maximum Gasteiger partial charge on any atom is 0.340 e. The minimum Gasteiger partial charge on any atom is -0.465 e. The maximum absolute atomic E-state index is 11.7. The molecule has 1 aliphatic rings. The fraction of sp³-hybridized carbons (Fsp3) is 0.571. The van der Waals surface area contributed by atoms with Crippen molar-refractivity contribution in [2.24, 2.45) is 5.92 Å². The van der Waals surface area contributed by atoms with Gasteiger partial charge in [0.05, 0.1) is 24.6 Å².